The van der Waals surface area contributed by atoms with Crippen molar-refractivity contribution < 1.29 is 49.9 Å². The molecule has 1 aromatic heterocycles. The van der Waals surface area contributed by atoms with Gasteiger partial charge in [-0.3, -0.25) is 34.0 Å². The average Bonchev–Trinajstić information content (AvgIpc) is 3.06. The van der Waals surface area contributed by atoms with E-state index in [0.29, 0.717) is 4.73 Å². The van der Waals surface area contributed by atoms with Crippen molar-refractivity contribution >= 4 is 17.9 Å². The van der Waals surface area contributed by atoms with Crippen LogP contribution < -0.4 is 4.84 Å². The van der Waals surface area contributed by atoms with Gasteiger partial charge < -0.3 is 35.5 Å². The number of rotatable bonds is 10. The largest absolute Gasteiger partial charge is 0.492 e. The van der Waals surface area contributed by atoms with E-state index in [2.05, 4.69) is 0 Å². The van der Waals surface area contributed by atoms with Crippen molar-refractivity contribution in [2.24, 2.45) is 0 Å². The summed E-state index contributed by atoms with van der Waals surface area (Å²) < 4.78 is 0.658. The molecule has 0 bridgehead atoms. The normalized spacial score (nSPS) is 18.9. The third-order valence-corrected chi connectivity index (χ3v) is 5.45. The second-order valence-electron chi connectivity index (χ2n) is 8.21. The Balaban J connectivity index is 2.13. The van der Waals surface area contributed by atoms with Crippen LogP contribution in [0.4, 0.5) is 0 Å². The molecule has 6 N–H and O–H groups in total. The lowest BCUT2D eigenvalue weighted by Crippen LogP contribution is -2.50. The molecule has 1 aliphatic rings. The first kappa shape index (κ1) is 28.1. The van der Waals surface area contributed by atoms with Crippen LogP contribution in [0.2, 0.25) is 0 Å². The minimum absolute atomic E-state index is 0.0793. The molecule has 0 aromatic carbocycles. The Morgan fingerprint density at radius 2 is 1.00 bits per heavy atom. The Morgan fingerprint density at radius 1 is 0.686 bits per heavy atom. The van der Waals surface area contributed by atoms with E-state index in [-0.39, 0.29) is 78.5 Å². The van der Waals surface area contributed by atoms with E-state index in [1.54, 1.807) is 19.6 Å². The minimum atomic E-state index is -1.47. The smallest absolute Gasteiger partial charge is 0.317 e. The lowest BCUT2D eigenvalue weighted by Gasteiger charge is -2.33. The maximum absolute atomic E-state index is 11.3. The highest BCUT2D eigenvalue weighted by molar-refractivity contribution is 5.69. The van der Waals surface area contributed by atoms with Gasteiger partial charge in [0, 0.05) is 64.5 Å². The van der Waals surface area contributed by atoms with Crippen molar-refractivity contribution in [3.8, 4) is 11.8 Å². The fraction of sp³-hybridized carbons (Fsp3) is 0.650. The molecule has 1 saturated heterocycles. The Labute approximate surface area is 201 Å². The molecule has 1 fully saturated rings. The van der Waals surface area contributed by atoms with Crippen LogP contribution in [0.15, 0.2) is 12.1 Å². The van der Waals surface area contributed by atoms with Crippen LogP contribution in [0.25, 0.3) is 0 Å². The number of carbonyl (C=O) groups is 3. The lowest BCUT2D eigenvalue weighted by molar-refractivity contribution is -0.141. The average molecular weight is 504 g/mol. The number of hydrogen-bond donors (Lipinski definition) is 6. The van der Waals surface area contributed by atoms with Crippen molar-refractivity contribution in [2.45, 2.75) is 6.29 Å². The topological polar surface area (TPSA) is 200 Å². The van der Waals surface area contributed by atoms with Crippen molar-refractivity contribution in [1.29, 1.82) is 0 Å². The lowest BCUT2D eigenvalue weighted by atomic mass is 10.3. The summed E-state index contributed by atoms with van der Waals surface area (Å²) >= 11 is 0. The molecule has 1 unspecified atom stereocenters. The molecule has 1 aliphatic heterocycles. The highest BCUT2D eigenvalue weighted by Crippen LogP contribution is 2.19. The zero-order valence-electron chi connectivity index (χ0n) is 19.3. The summed E-state index contributed by atoms with van der Waals surface area (Å²) in [6, 6.07) is 2.36. The molecular weight excluding hydrogens is 470 g/mol. The first-order valence-electron chi connectivity index (χ1n) is 11.0. The molecule has 1 atom stereocenters. The zero-order chi connectivity index (χ0) is 26.0. The zero-order valence-corrected chi connectivity index (χ0v) is 19.3. The van der Waals surface area contributed by atoms with Gasteiger partial charge in [-0.2, -0.15) is 0 Å². The van der Waals surface area contributed by atoms with E-state index in [0.717, 1.165) is 0 Å². The van der Waals surface area contributed by atoms with Crippen LogP contribution in [-0.4, -0.2) is 158 Å². The number of aromatic nitrogens is 1. The summed E-state index contributed by atoms with van der Waals surface area (Å²) in [5.41, 5.74) is 0. The standard InChI is InChI=1S/C20H33N5O10/c26-15-1-2-16(27)25(15)35-20(34)14-24-9-7-22(12-18(30)31)5-3-21(11-17(28)29)4-6-23(8-10-24)13-19(32)33/h1-2,20,26-27,34H,3-14H2,(H,28,29)(H,30,31)(H,32,33). The number of nitrogens with zero attached hydrogens (tertiary/aromatic N) is 5. The predicted octanol–water partition coefficient (Wildman–Crippen LogP) is -2.88. The maximum atomic E-state index is 11.3. The van der Waals surface area contributed by atoms with Gasteiger partial charge in [-0.1, -0.05) is 0 Å². The van der Waals surface area contributed by atoms with E-state index in [9.17, 15) is 45.0 Å². The Hall–Kier alpha value is -3.11. The summed E-state index contributed by atoms with van der Waals surface area (Å²) in [6.45, 7) is 1.38. The molecule has 0 amide bonds. The third kappa shape index (κ3) is 10.4. The van der Waals surface area contributed by atoms with Crippen LogP contribution in [0, 0.1) is 0 Å². The van der Waals surface area contributed by atoms with Gasteiger partial charge in [-0.05, 0) is 0 Å². The molecule has 15 nitrogen and oxygen atoms in total. The van der Waals surface area contributed by atoms with Gasteiger partial charge in [0.15, 0.2) is 0 Å². The van der Waals surface area contributed by atoms with E-state index < -0.39 is 36.0 Å². The first-order chi connectivity index (χ1) is 16.5. The number of aliphatic hydroxyl groups excluding tert-OH is 1. The van der Waals surface area contributed by atoms with E-state index in [4.69, 9.17) is 4.84 Å². The predicted molar refractivity (Wildman–Crippen MR) is 119 cm³/mol. The number of carboxylic acid groups (broad SMARTS) is 3. The quantitative estimate of drug-likeness (QED) is 0.178. The van der Waals surface area contributed by atoms with Crippen LogP contribution in [0.1, 0.15) is 0 Å². The summed E-state index contributed by atoms with van der Waals surface area (Å²) in [7, 11) is 0. The van der Waals surface area contributed by atoms with Crippen molar-refractivity contribution in [1.82, 2.24) is 24.3 Å². The number of hydrogen-bond acceptors (Lipinski definition) is 11. The third-order valence-electron chi connectivity index (χ3n) is 5.45. The maximum Gasteiger partial charge on any atom is 0.317 e. The summed E-state index contributed by atoms with van der Waals surface area (Å²) in [5.74, 6) is -3.94. The highest BCUT2D eigenvalue weighted by Gasteiger charge is 2.22. The monoisotopic (exact) mass is 503 g/mol. The van der Waals surface area contributed by atoms with E-state index >= 15 is 0 Å². The van der Waals surface area contributed by atoms with E-state index in [1.807, 2.05) is 0 Å². The Bertz CT molecular complexity index is 799. The second-order valence-corrected chi connectivity index (χ2v) is 8.21. The second kappa shape index (κ2) is 13.7. The molecule has 0 saturated carbocycles. The van der Waals surface area contributed by atoms with Crippen molar-refractivity contribution in [3.63, 3.8) is 0 Å². The molecule has 15 heteroatoms. The van der Waals surface area contributed by atoms with Crippen LogP contribution in [0.3, 0.4) is 0 Å². The summed E-state index contributed by atoms with van der Waals surface area (Å²) in [6.07, 6.45) is -1.47. The molecule has 0 radical (unpaired) electrons. The number of aliphatic carboxylic acids is 3. The number of β-amino-alcohol motifs (C(OH)–C–C–N with tert-alkyl or cyclic N) is 1. The van der Waals surface area contributed by atoms with Crippen LogP contribution >= 0.6 is 0 Å². The van der Waals surface area contributed by atoms with Crippen molar-refractivity contribution in [2.75, 3.05) is 78.5 Å². The van der Waals surface area contributed by atoms with Crippen molar-refractivity contribution in [3.05, 3.63) is 12.1 Å². The molecule has 2 heterocycles. The van der Waals surface area contributed by atoms with Gasteiger partial charge in [-0.15, -0.1) is 4.73 Å². The van der Waals surface area contributed by atoms with E-state index in [1.165, 1.54) is 12.1 Å². The summed E-state index contributed by atoms with van der Waals surface area (Å²) in [5, 5.41) is 57.5. The fourth-order valence-corrected chi connectivity index (χ4v) is 3.70. The Kier molecular flexibility index (Phi) is 11.0. The van der Waals surface area contributed by atoms with Gasteiger partial charge in [0.2, 0.25) is 18.1 Å². The van der Waals surface area contributed by atoms with Gasteiger partial charge in [0.1, 0.15) is 0 Å². The van der Waals surface area contributed by atoms with Gasteiger partial charge in [0.25, 0.3) is 0 Å². The van der Waals surface area contributed by atoms with Gasteiger partial charge >= 0.3 is 17.9 Å². The fourth-order valence-electron chi connectivity index (χ4n) is 3.70. The number of aromatic hydroxyl groups is 2. The number of aliphatic hydroxyl groups is 1. The SMILES string of the molecule is O=C(O)CN1CCN(CC(=O)O)CCN(CC(O)On2c(O)ccc2O)CCN(CC(=O)O)CC1. The molecule has 0 aliphatic carbocycles. The van der Waals surface area contributed by atoms with Gasteiger partial charge in [0.05, 0.1) is 26.2 Å². The first-order valence-corrected chi connectivity index (χ1v) is 11.0. The molecular formula is C20H33N5O10. The number of carboxylic acids is 3. The van der Waals surface area contributed by atoms with Crippen LogP contribution in [-0.2, 0) is 14.4 Å². The highest BCUT2D eigenvalue weighted by atomic mass is 16.7. The Morgan fingerprint density at radius 3 is 1.31 bits per heavy atom. The molecule has 35 heavy (non-hydrogen) atoms. The molecule has 198 valence electrons. The molecule has 0 spiro atoms. The molecule has 2 rings (SSSR count). The summed E-state index contributed by atoms with van der Waals surface area (Å²) in [4.78, 5) is 45.7. The van der Waals surface area contributed by atoms with Gasteiger partial charge in [-0.25, -0.2) is 0 Å². The molecule has 1 aromatic rings. The minimum Gasteiger partial charge on any atom is -0.492 e. The van der Waals surface area contributed by atoms with Crippen LogP contribution in [0.5, 0.6) is 11.8 Å².